The molecule has 2 nitrogen and oxygen atoms in total. The summed E-state index contributed by atoms with van der Waals surface area (Å²) >= 11 is 0. The van der Waals surface area contributed by atoms with Crippen LogP contribution in [0.3, 0.4) is 0 Å². The molecule has 1 fully saturated rings. The monoisotopic (exact) mass is 240 g/mol. The van der Waals surface area contributed by atoms with Crippen molar-refractivity contribution in [2.75, 3.05) is 18.0 Å². The Balaban J connectivity index is 2.28. The Morgan fingerprint density at radius 2 is 1.76 bits per heavy atom. The minimum atomic E-state index is -0.470. The van der Waals surface area contributed by atoms with Crippen LogP contribution in [0.25, 0.3) is 0 Å². The maximum atomic E-state index is 13.9. The van der Waals surface area contributed by atoms with Gasteiger partial charge in [0.25, 0.3) is 0 Å². The third-order valence-electron chi connectivity index (χ3n) is 3.06. The second-order valence-electron chi connectivity index (χ2n) is 4.78. The predicted octanol–water partition coefficient (Wildman–Crippen LogP) is 2.45. The molecular formula is C13H18F2N2. The van der Waals surface area contributed by atoms with Crippen LogP contribution in [-0.2, 0) is 6.42 Å². The van der Waals surface area contributed by atoms with Crippen molar-refractivity contribution < 1.29 is 8.78 Å². The van der Waals surface area contributed by atoms with Gasteiger partial charge in [0.15, 0.2) is 0 Å². The van der Waals surface area contributed by atoms with Gasteiger partial charge in [-0.3, -0.25) is 0 Å². The zero-order chi connectivity index (χ0) is 12.4. The van der Waals surface area contributed by atoms with Crippen molar-refractivity contribution in [1.29, 1.82) is 0 Å². The highest BCUT2D eigenvalue weighted by Gasteiger charge is 2.21. The Hall–Kier alpha value is -1.16. The molecule has 0 aromatic heterocycles. The summed E-state index contributed by atoms with van der Waals surface area (Å²) in [6.07, 6.45) is 2.50. The quantitative estimate of drug-likeness (QED) is 0.879. The molecule has 1 unspecified atom stereocenters. The van der Waals surface area contributed by atoms with Gasteiger partial charge in [-0.2, -0.15) is 0 Å². The maximum Gasteiger partial charge on any atom is 0.149 e. The molecule has 2 N–H and O–H groups in total. The van der Waals surface area contributed by atoms with Gasteiger partial charge in [-0.15, -0.1) is 0 Å². The molecule has 1 aliphatic heterocycles. The third-order valence-corrected chi connectivity index (χ3v) is 3.06. The molecular weight excluding hydrogens is 222 g/mol. The summed E-state index contributed by atoms with van der Waals surface area (Å²) in [5.74, 6) is -0.940. The number of hydrogen-bond acceptors (Lipinski definition) is 2. The molecule has 0 radical (unpaired) electrons. The van der Waals surface area contributed by atoms with Crippen LogP contribution in [0.2, 0.25) is 0 Å². The molecule has 0 bridgehead atoms. The molecule has 1 atom stereocenters. The van der Waals surface area contributed by atoms with Crippen molar-refractivity contribution in [1.82, 2.24) is 0 Å². The fourth-order valence-electron chi connectivity index (χ4n) is 2.35. The largest absolute Gasteiger partial charge is 0.367 e. The summed E-state index contributed by atoms with van der Waals surface area (Å²) < 4.78 is 27.8. The number of hydrogen-bond donors (Lipinski definition) is 1. The lowest BCUT2D eigenvalue weighted by Gasteiger charge is -2.20. The van der Waals surface area contributed by atoms with Crippen molar-refractivity contribution in [2.45, 2.75) is 32.2 Å². The van der Waals surface area contributed by atoms with Gasteiger partial charge >= 0.3 is 0 Å². The zero-order valence-corrected chi connectivity index (χ0v) is 10.0. The van der Waals surface area contributed by atoms with Crippen LogP contribution in [0, 0.1) is 11.6 Å². The van der Waals surface area contributed by atoms with E-state index in [1.807, 2.05) is 6.92 Å². The number of anilines is 1. The van der Waals surface area contributed by atoms with E-state index in [0.29, 0.717) is 12.0 Å². The van der Waals surface area contributed by atoms with Gasteiger partial charge < -0.3 is 10.6 Å². The topological polar surface area (TPSA) is 29.3 Å². The number of nitrogens with zero attached hydrogens (tertiary/aromatic N) is 1. The maximum absolute atomic E-state index is 13.9. The Morgan fingerprint density at radius 3 is 2.24 bits per heavy atom. The van der Waals surface area contributed by atoms with Gasteiger partial charge in [0, 0.05) is 19.1 Å². The van der Waals surface area contributed by atoms with Crippen LogP contribution in [0.4, 0.5) is 14.5 Å². The highest BCUT2D eigenvalue weighted by molar-refractivity contribution is 5.51. The summed E-state index contributed by atoms with van der Waals surface area (Å²) in [5.41, 5.74) is 6.37. The lowest BCUT2D eigenvalue weighted by molar-refractivity contribution is 0.572. The lowest BCUT2D eigenvalue weighted by atomic mass is 10.1. The number of halogens is 2. The van der Waals surface area contributed by atoms with E-state index in [-0.39, 0.29) is 11.7 Å². The summed E-state index contributed by atoms with van der Waals surface area (Å²) in [7, 11) is 0. The average Bonchev–Trinajstić information content (AvgIpc) is 2.68. The number of benzene rings is 1. The summed E-state index contributed by atoms with van der Waals surface area (Å²) in [6.45, 7) is 3.30. The third kappa shape index (κ3) is 2.75. The van der Waals surface area contributed by atoms with Crippen molar-refractivity contribution >= 4 is 5.69 Å². The number of nitrogens with two attached hydrogens (primary N) is 1. The van der Waals surface area contributed by atoms with Gasteiger partial charge in [0.2, 0.25) is 0 Å². The van der Waals surface area contributed by atoms with E-state index < -0.39 is 11.6 Å². The van der Waals surface area contributed by atoms with Crippen LogP contribution in [-0.4, -0.2) is 19.1 Å². The highest BCUT2D eigenvalue weighted by Crippen LogP contribution is 2.28. The predicted molar refractivity (Wildman–Crippen MR) is 65.2 cm³/mol. The van der Waals surface area contributed by atoms with Gasteiger partial charge in [-0.05, 0) is 43.9 Å². The van der Waals surface area contributed by atoms with Crippen LogP contribution in [0.1, 0.15) is 25.3 Å². The Labute approximate surface area is 100 Å². The molecule has 4 heteroatoms. The molecule has 1 aromatic rings. The van der Waals surface area contributed by atoms with E-state index in [1.54, 1.807) is 4.90 Å². The van der Waals surface area contributed by atoms with Crippen LogP contribution in [0.5, 0.6) is 0 Å². The minimum Gasteiger partial charge on any atom is -0.367 e. The van der Waals surface area contributed by atoms with Crippen molar-refractivity contribution in [3.05, 3.63) is 29.3 Å². The lowest BCUT2D eigenvalue weighted by Crippen LogP contribution is -2.22. The van der Waals surface area contributed by atoms with E-state index in [4.69, 9.17) is 5.73 Å². The van der Waals surface area contributed by atoms with Gasteiger partial charge in [-0.1, -0.05) is 0 Å². The first kappa shape index (κ1) is 12.3. The Kier molecular flexibility index (Phi) is 3.62. The van der Waals surface area contributed by atoms with E-state index in [9.17, 15) is 8.78 Å². The van der Waals surface area contributed by atoms with E-state index in [1.165, 1.54) is 12.1 Å². The second-order valence-corrected chi connectivity index (χ2v) is 4.78. The second kappa shape index (κ2) is 5.00. The average molecular weight is 240 g/mol. The first-order chi connectivity index (χ1) is 8.08. The molecule has 1 aliphatic rings. The molecule has 1 heterocycles. The SMILES string of the molecule is CC(N)Cc1cc(F)c(N2CCCC2)c(F)c1. The Bertz CT molecular complexity index is 375. The van der Waals surface area contributed by atoms with Gasteiger partial charge in [0.1, 0.15) is 17.3 Å². The fraction of sp³-hybridized carbons (Fsp3) is 0.538. The molecule has 17 heavy (non-hydrogen) atoms. The first-order valence-electron chi connectivity index (χ1n) is 6.06. The van der Waals surface area contributed by atoms with Crippen LogP contribution < -0.4 is 10.6 Å². The van der Waals surface area contributed by atoms with E-state index in [2.05, 4.69) is 0 Å². The van der Waals surface area contributed by atoms with Crippen LogP contribution >= 0.6 is 0 Å². The van der Waals surface area contributed by atoms with Crippen molar-refractivity contribution in [2.24, 2.45) is 5.73 Å². The Morgan fingerprint density at radius 1 is 1.24 bits per heavy atom. The van der Waals surface area contributed by atoms with Crippen molar-refractivity contribution in [3.8, 4) is 0 Å². The van der Waals surface area contributed by atoms with Crippen molar-refractivity contribution in [3.63, 3.8) is 0 Å². The highest BCUT2D eigenvalue weighted by atomic mass is 19.1. The standard InChI is InChI=1S/C13H18F2N2/c1-9(16)6-10-7-11(14)13(12(15)8-10)17-4-2-3-5-17/h7-9H,2-6,16H2,1H3. The summed E-state index contributed by atoms with van der Waals surface area (Å²) in [5, 5.41) is 0. The minimum absolute atomic E-state index is 0.0913. The smallest absolute Gasteiger partial charge is 0.149 e. The molecule has 0 spiro atoms. The van der Waals surface area contributed by atoms with Gasteiger partial charge in [0.05, 0.1) is 0 Å². The normalized spacial score (nSPS) is 17.5. The molecule has 0 aliphatic carbocycles. The number of rotatable bonds is 3. The summed E-state index contributed by atoms with van der Waals surface area (Å²) in [6, 6.07) is 2.71. The summed E-state index contributed by atoms with van der Waals surface area (Å²) in [4.78, 5) is 1.78. The van der Waals surface area contributed by atoms with E-state index >= 15 is 0 Å². The van der Waals surface area contributed by atoms with Gasteiger partial charge in [-0.25, -0.2) is 8.78 Å². The molecule has 0 saturated carbocycles. The molecule has 1 saturated heterocycles. The fourth-order valence-corrected chi connectivity index (χ4v) is 2.35. The van der Waals surface area contributed by atoms with Crippen LogP contribution in [0.15, 0.2) is 12.1 Å². The van der Waals surface area contributed by atoms with E-state index in [0.717, 1.165) is 25.9 Å². The molecule has 1 aromatic carbocycles. The molecule has 94 valence electrons. The zero-order valence-electron chi connectivity index (χ0n) is 10.0. The molecule has 0 amide bonds. The molecule has 2 rings (SSSR count). The first-order valence-corrected chi connectivity index (χ1v) is 6.06.